The highest BCUT2D eigenvalue weighted by molar-refractivity contribution is 6.76. The fourth-order valence-electron chi connectivity index (χ4n) is 6.09. The number of alkyl halides is 2. The molecule has 1 saturated carbocycles. The van der Waals surface area contributed by atoms with Crippen molar-refractivity contribution in [2.75, 3.05) is 37.0 Å². The lowest BCUT2D eigenvalue weighted by Gasteiger charge is -2.44. The summed E-state index contributed by atoms with van der Waals surface area (Å²) in [7, 11) is 2.09. The Morgan fingerprint density at radius 2 is 1.87 bits per heavy atom. The fraction of sp³-hybridized carbons (Fsp3) is 0.484. The first kappa shape index (κ1) is 31.1. The van der Waals surface area contributed by atoms with Crippen LogP contribution in [0.25, 0.3) is 22.5 Å². The van der Waals surface area contributed by atoms with Gasteiger partial charge in [0.2, 0.25) is 17.8 Å². The topological polar surface area (TPSA) is 95.2 Å². The Labute approximate surface area is 261 Å². The molecule has 0 unspecified atom stereocenters. The van der Waals surface area contributed by atoms with Gasteiger partial charge < -0.3 is 19.7 Å². The molecule has 6 rings (SSSR count). The van der Waals surface area contributed by atoms with Crippen LogP contribution in [0.4, 0.5) is 30.6 Å². The number of halogens is 3. The van der Waals surface area contributed by atoms with Gasteiger partial charge in [0, 0.05) is 88.3 Å². The van der Waals surface area contributed by atoms with E-state index in [4.69, 9.17) is 9.47 Å². The number of rotatable bonds is 11. The van der Waals surface area contributed by atoms with E-state index >= 15 is 0 Å². The van der Waals surface area contributed by atoms with Crippen molar-refractivity contribution in [3.05, 3.63) is 48.7 Å². The van der Waals surface area contributed by atoms with Gasteiger partial charge in [-0.05, 0) is 36.7 Å². The fourth-order valence-corrected chi connectivity index (χ4v) is 6.84. The molecule has 14 heteroatoms. The van der Waals surface area contributed by atoms with E-state index in [-0.39, 0.29) is 25.0 Å². The van der Waals surface area contributed by atoms with Crippen LogP contribution in [0.15, 0.2) is 42.7 Å². The third kappa shape index (κ3) is 6.86. The van der Waals surface area contributed by atoms with E-state index in [9.17, 15) is 13.2 Å². The van der Waals surface area contributed by atoms with Crippen LogP contribution < -0.4 is 15.0 Å². The standard InChI is InChI=1S/C31H39F3N8O2Si/c1-40-29(37-28(39-40)21-6-9-26(35-15-21)41-11-10-30(19-41)17-31(33,34)18-30)36-22-7-8-23(25(14-22)43-2)24-16-42(38-27(24)32)20-44-12-13-45(3,4)5/h6-9,14-16H,10-13,17-20H2,1-5H3,(H,36,37,39). The molecular weight excluding hydrogens is 601 g/mol. The van der Waals surface area contributed by atoms with Crippen molar-refractivity contribution in [3.8, 4) is 28.3 Å². The molecule has 0 atom stereocenters. The highest BCUT2D eigenvalue weighted by Gasteiger charge is 2.58. The van der Waals surface area contributed by atoms with Crippen LogP contribution in [0.5, 0.6) is 5.75 Å². The minimum atomic E-state index is -2.53. The van der Waals surface area contributed by atoms with Crippen LogP contribution in [0.2, 0.25) is 25.7 Å². The Bertz CT molecular complexity index is 1660. The summed E-state index contributed by atoms with van der Waals surface area (Å²) in [5.74, 6) is -0.916. The molecule has 4 aromatic rings. The Balaban J connectivity index is 1.11. The largest absolute Gasteiger partial charge is 0.496 e. The maximum atomic E-state index is 14.9. The molecule has 4 heterocycles. The summed E-state index contributed by atoms with van der Waals surface area (Å²) in [6, 6.07) is 10.1. The molecule has 1 saturated heterocycles. The zero-order valence-corrected chi connectivity index (χ0v) is 27.3. The van der Waals surface area contributed by atoms with Gasteiger partial charge in [0.05, 0.1) is 12.7 Å². The molecule has 2 aliphatic rings. The number of hydrogen-bond donors (Lipinski definition) is 1. The van der Waals surface area contributed by atoms with Crippen molar-refractivity contribution in [2.45, 2.75) is 57.6 Å². The highest BCUT2D eigenvalue weighted by atomic mass is 28.3. The van der Waals surface area contributed by atoms with E-state index in [0.29, 0.717) is 47.5 Å². The molecule has 1 aliphatic heterocycles. The zero-order chi connectivity index (χ0) is 32.0. The maximum Gasteiger partial charge on any atom is 0.249 e. The van der Waals surface area contributed by atoms with E-state index in [1.807, 2.05) is 18.2 Å². The molecule has 0 bridgehead atoms. The predicted molar refractivity (Wildman–Crippen MR) is 169 cm³/mol. The summed E-state index contributed by atoms with van der Waals surface area (Å²) in [6.07, 6.45) is 4.02. The number of anilines is 3. The molecule has 10 nitrogen and oxygen atoms in total. The number of aryl methyl sites for hydroxylation is 1. The first-order chi connectivity index (χ1) is 21.3. The number of benzene rings is 1. The van der Waals surface area contributed by atoms with Gasteiger partial charge in [-0.2, -0.15) is 9.37 Å². The third-order valence-electron chi connectivity index (χ3n) is 8.48. The van der Waals surface area contributed by atoms with Gasteiger partial charge in [0.25, 0.3) is 0 Å². The van der Waals surface area contributed by atoms with Gasteiger partial charge in [-0.3, -0.25) is 0 Å². The average Bonchev–Trinajstić information content (AvgIpc) is 3.67. The minimum absolute atomic E-state index is 0.0349. The number of nitrogens with zero attached hydrogens (tertiary/aromatic N) is 7. The number of hydrogen-bond acceptors (Lipinski definition) is 8. The summed E-state index contributed by atoms with van der Waals surface area (Å²) in [5.41, 5.74) is 2.01. The number of aromatic nitrogens is 6. The van der Waals surface area contributed by atoms with Gasteiger partial charge in [0.1, 0.15) is 18.3 Å². The molecule has 1 aliphatic carbocycles. The molecule has 1 N–H and O–H groups in total. The number of methoxy groups -OCH3 is 1. The predicted octanol–water partition coefficient (Wildman–Crippen LogP) is 6.57. The lowest BCUT2D eigenvalue weighted by Crippen LogP contribution is -2.47. The molecule has 2 fully saturated rings. The number of ether oxygens (including phenoxy) is 2. The molecule has 45 heavy (non-hydrogen) atoms. The van der Waals surface area contributed by atoms with E-state index < -0.39 is 19.9 Å². The Morgan fingerprint density at radius 3 is 2.56 bits per heavy atom. The number of nitrogens with one attached hydrogen (secondary N) is 1. The molecule has 240 valence electrons. The lowest BCUT2D eigenvalue weighted by atomic mass is 9.65. The number of pyridine rings is 1. The van der Waals surface area contributed by atoms with Gasteiger partial charge in [0.15, 0.2) is 5.82 Å². The third-order valence-corrected chi connectivity index (χ3v) is 10.2. The van der Waals surface area contributed by atoms with Crippen molar-refractivity contribution in [3.63, 3.8) is 0 Å². The summed E-state index contributed by atoms with van der Waals surface area (Å²) in [6.45, 7) is 8.97. The maximum absolute atomic E-state index is 14.9. The second-order valence-corrected chi connectivity index (χ2v) is 19.1. The van der Waals surface area contributed by atoms with E-state index in [2.05, 4.69) is 50.0 Å². The van der Waals surface area contributed by atoms with Gasteiger partial charge in [-0.25, -0.2) is 23.1 Å². The first-order valence-corrected chi connectivity index (χ1v) is 18.8. The summed E-state index contributed by atoms with van der Waals surface area (Å²) >= 11 is 0. The highest BCUT2D eigenvalue weighted by Crippen LogP contribution is 2.56. The second kappa shape index (κ2) is 11.8. The van der Waals surface area contributed by atoms with Crippen LogP contribution >= 0.6 is 0 Å². The van der Waals surface area contributed by atoms with Gasteiger partial charge in [-0.15, -0.1) is 10.2 Å². The van der Waals surface area contributed by atoms with Gasteiger partial charge >= 0.3 is 0 Å². The van der Waals surface area contributed by atoms with Crippen LogP contribution in [0.1, 0.15) is 19.3 Å². The SMILES string of the molecule is COc1cc(Nc2nc(-c3ccc(N4CCC5(C4)CC(F)(F)C5)nc3)nn2C)ccc1-c1cn(COCC[Si](C)(C)C)nc1F. The van der Waals surface area contributed by atoms with E-state index in [0.717, 1.165) is 30.4 Å². The van der Waals surface area contributed by atoms with E-state index in [1.54, 1.807) is 36.3 Å². The van der Waals surface area contributed by atoms with Crippen LogP contribution in [0, 0.1) is 11.4 Å². The van der Waals surface area contributed by atoms with Gasteiger partial charge in [-0.1, -0.05) is 19.6 Å². The summed E-state index contributed by atoms with van der Waals surface area (Å²) < 4.78 is 56.3. The Hall–Kier alpha value is -3.91. The molecule has 1 aromatic carbocycles. The molecule has 0 amide bonds. The average molecular weight is 641 g/mol. The second-order valence-electron chi connectivity index (χ2n) is 13.4. The van der Waals surface area contributed by atoms with Crippen molar-refractivity contribution < 1.29 is 22.6 Å². The van der Waals surface area contributed by atoms with Crippen LogP contribution in [-0.2, 0) is 18.5 Å². The van der Waals surface area contributed by atoms with Crippen molar-refractivity contribution >= 4 is 25.5 Å². The minimum Gasteiger partial charge on any atom is -0.496 e. The smallest absolute Gasteiger partial charge is 0.249 e. The molecule has 0 radical (unpaired) electrons. The monoisotopic (exact) mass is 640 g/mol. The van der Waals surface area contributed by atoms with Crippen molar-refractivity contribution in [1.82, 2.24) is 29.5 Å². The molecule has 3 aromatic heterocycles. The van der Waals surface area contributed by atoms with Crippen LogP contribution in [0.3, 0.4) is 0 Å². The van der Waals surface area contributed by atoms with Crippen LogP contribution in [-0.4, -0.2) is 70.3 Å². The van der Waals surface area contributed by atoms with E-state index in [1.165, 1.54) is 11.8 Å². The summed E-state index contributed by atoms with van der Waals surface area (Å²) in [5, 5.41) is 11.8. The first-order valence-electron chi connectivity index (χ1n) is 15.1. The van der Waals surface area contributed by atoms with Crippen molar-refractivity contribution in [1.29, 1.82) is 0 Å². The normalized spacial score (nSPS) is 17.1. The quantitative estimate of drug-likeness (QED) is 0.145. The Kier molecular flexibility index (Phi) is 8.14. The molecule has 1 spiro atoms. The summed E-state index contributed by atoms with van der Waals surface area (Å²) in [4.78, 5) is 11.3. The molecular formula is C31H39F3N8O2Si. The zero-order valence-electron chi connectivity index (χ0n) is 26.3. The lowest BCUT2D eigenvalue weighted by molar-refractivity contribution is -0.152. The van der Waals surface area contributed by atoms with Crippen molar-refractivity contribution in [2.24, 2.45) is 12.5 Å². The Morgan fingerprint density at radius 1 is 1.07 bits per heavy atom.